The lowest BCUT2D eigenvalue weighted by Gasteiger charge is -2.14. The van der Waals surface area contributed by atoms with Gasteiger partial charge in [-0.05, 0) is 26.0 Å². The smallest absolute Gasteiger partial charge is 0.422 e. The first kappa shape index (κ1) is 18.1. The quantitative estimate of drug-likeness (QED) is 0.811. The van der Waals surface area contributed by atoms with Crippen LogP contribution in [0.5, 0.6) is 5.75 Å². The Morgan fingerprint density at radius 2 is 1.96 bits per heavy atom. The monoisotopic (exact) mass is 343 g/mol. The lowest BCUT2D eigenvalue weighted by Crippen LogP contribution is -2.19. The van der Waals surface area contributed by atoms with Crippen LogP contribution in [-0.2, 0) is 13.1 Å². The minimum Gasteiger partial charge on any atom is -0.482 e. The van der Waals surface area contributed by atoms with Crippen LogP contribution in [0, 0.1) is 13.8 Å². The van der Waals surface area contributed by atoms with Crippen molar-refractivity contribution in [2.75, 3.05) is 18.5 Å². The van der Waals surface area contributed by atoms with Gasteiger partial charge in [-0.15, -0.1) is 0 Å². The number of alkyl halides is 3. The Morgan fingerprint density at radius 1 is 1.25 bits per heavy atom. The van der Waals surface area contributed by atoms with Crippen molar-refractivity contribution in [3.8, 4) is 5.75 Å². The summed E-state index contributed by atoms with van der Waals surface area (Å²) < 4.78 is 43.5. The second-order valence-electron chi connectivity index (χ2n) is 5.35. The van der Waals surface area contributed by atoms with E-state index in [2.05, 4.69) is 10.4 Å². The first-order chi connectivity index (χ1) is 11.3. The normalized spacial score (nSPS) is 11.6. The van der Waals surface area contributed by atoms with E-state index in [-0.39, 0.29) is 12.4 Å². The highest BCUT2D eigenvalue weighted by Crippen LogP contribution is 2.27. The average Bonchev–Trinajstić information content (AvgIpc) is 2.78. The number of aryl methyl sites for hydroxylation is 1. The van der Waals surface area contributed by atoms with E-state index in [0.29, 0.717) is 18.8 Å². The number of anilines is 1. The van der Waals surface area contributed by atoms with E-state index in [0.717, 1.165) is 17.0 Å². The fourth-order valence-corrected chi connectivity index (χ4v) is 2.38. The first-order valence-corrected chi connectivity index (χ1v) is 7.48. The molecule has 0 radical (unpaired) electrons. The van der Waals surface area contributed by atoms with Crippen LogP contribution in [0.1, 0.15) is 17.0 Å². The van der Waals surface area contributed by atoms with Crippen LogP contribution in [0.25, 0.3) is 0 Å². The molecule has 132 valence electrons. The van der Waals surface area contributed by atoms with E-state index in [1.165, 1.54) is 6.07 Å². The molecule has 1 aromatic carbocycles. The van der Waals surface area contributed by atoms with Gasteiger partial charge in [0.2, 0.25) is 0 Å². The highest BCUT2D eigenvalue weighted by Gasteiger charge is 2.28. The molecule has 0 fully saturated rings. The zero-order chi connectivity index (χ0) is 17.7. The summed E-state index contributed by atoms with van der Waals surface area (Å²) in [6.07, 6.45) is -4.38. The van der Waals surface area contributed by atoms with Crippen LogP contribution in [0.4, 0.5) is 18.9 Å². The van der Waals surface area contributed by atoms with Crippen molar-refractivity contribution in [1.82, 2.24) is 9.78 Å². The van der Waals surface area contributed by atoms with Gasteiger partial charge in [0, 0.05) is 17.8 Å². The largest absolute Gasteiger partial charge is 0.482 e. The maximum Gasteiger partial charge on any atom is 0.422 e. The number of benzene rings is 1. The molecule has 0 spiro atoms. The molecule has 5 nitrogen and oxygen atoms in total. The van der Waals surface area contributed by atoms with Gasteiger partial charge in [-0.3, -0.25) is 4.68 Å². The van der Waals surface area contributed by atoms with Crippen LogP contribution >= 0.6 is 0 Å². The molecule has 0 unspecified atom stereocenters. The predicted molar refractivity (Wildman–Crippen MR) is 84.1 cm³/mol. The zero-order valence-corrected chi connectivity index (χ0v) is 13.5. The topological polar surface area (TPSA) is 59.3 Å². The number of para-hydroxylation sites is 2. The SMILES string of the molecule is Cc1nn(CCO)c(C)c1CNc1ccccc1OCC(F)(F)F. The van der Waals surface area contributed by atoms with Gasteiger partial charge in [0.15, 0.2) is 6.61 Å². The van der Waals surface area contributed by atoms with Crippen molar-refractivity contribution in [3.63, 3.8) is 0 Å². The zero-order valence-electron chi connectivity index (χ0n) is 13.5. The fraction of sp³-hybridized carbons (Fsp3) is 0.438. The fourth-order valence-electron chi connectivity index (χ4n) is 2.38. The lowest BCUT2D eigenvalue weighted by molar-refractivity contribution is -0.153. The van der Waals surface area contributed by atoms with Crippen molar-refractivity contribution >= 4 is 5.69 Å². The summed E-state index contributed by atoms with van der Waals surface area (Å²) >= 11 is 0. The summed E-state index contributed by atoms with van der Waals surface area (Å²) in [5, 5.41) is 16.5. The minimum absolute atomic E-state index is 0.0110. The third kappa shape index (κ3) is 4.64. The maximum atomic E-state index is 12.3. The van der Waals surface area contributed by atoms with Gasteiger partial charge in [0.05, 0.1) is 24.5 Å². The van der Waals surface area contributed by atoms with Crippen LogP contribution < -0.4 is 10.1 Å². The Labute approximate surface area is 138 Å². The lowest BCUT2D eigenvalue weighted by atomic mass is 10.2. The summed E-state index contributed by atoms with van der Waals surface area (Å²) in [4.78, 5) is 0. The second kappa shape index (κ2) is 7.57. The number of hydrogen-bond acceptors (Lipinski definition) is 4. The van der Waals surface area contributed by atoms with Gasteiger partial charge in [0.25, 0.3) is 0 Å². The van der Waals surface area contributed by atoms with E-state index in [1.54, 1.807) is 22.9 Å². The van der Waals surface area contributed by atoms with Crippen molar-refractivity contribution in [2.45, 2.75) is 33.1 Å². The Balaban J connectivity index is 2.10. The van der Waals surface area contributed by atoms with Crippen molar-refractivity contribution in [2.24, 2.45) is 0 Å². The second-order valence-corrected chi connectivity index (χ2v) is 5.35. The molecule has 0 bridgehead atoms. The third-order valence-corrected chi connectivity index (χ3v) is 3.58. The summed E-state index contributed by atoms with van der Waals surface area (Å²) in [5.74, 6) is 0.146. The molecule has 0 aliphatic rings. The van der Waals surface area contributed by atoms with Crippen LogP contribution in [0.2, 0.25) is 0 Å². The van der Waals surface area contributed by atoms with Gasteiger partial charge >= 0.3 is 6.18 Å². The van der Waals surface area contributed by atoms with Gasteiger partial charge in [-0.2, -0.15) is 18.3 Å². The number of nitrogens with zero attached hydrogens (tertiary/aromatic N) is 2. The van der Waals surface area contributed by atoms with E-state index < -0.39 is 12.8 Å². The molecule has 1 aromatic heterocycles. The van der Waals surface area contributed by atoms with E-state index in [1.807, 2.05) is 13.8 Å². The minimum atomic E-state index is -4.38. The van der Waals surface area contributed by atoms with Gasteiger partial charge in [0.1, 0.15) is 5.75 Å². The van der Waals surface area contributed by atoms with E-state index in [9.17, 15) is 13.2 Å². The molecular weight excluding hydrogens is 323 g/mol. The van der Waals surface area contributed by atoms with Crippen molar-refractivity contribution < 1.29 is 23.0 Å². The highest BCUT2D eigenvalue weighted by molar-refractivity contribution is 5.56. The molecule has 2 N–H and O–H groups in total. The summed E-state index contributed by atoms with van der Waals surface area (Å²) in [6.45, 7) is 3.19. The molecule has 2 rings (SSSR count). The Morgan fingerprint density at radius 3 is 2.62 bits per heavy atom. The third-order valence-electron chi connectivity index (χ3n) is 3.58. The highest BCUT2D eigenvalue weighted by atomic mass is 19.4. The Bertz CT molecular complexity index is 684. The maximum absolute atomic E-state index is 12.3. The average molecular weight is 343 g/mol. The van der Waals surface area contributed by atoms with E-state index in [4.69, 9.17) is 9.84 Å². The molecule has 0 aliphatic heterocycles. The molecule has 8 heteroatoms. The molecular formula is C16H20F3N3O2. The van der Waals surface area contributed by atoms with Gasteiger partial charge < -0.3 is 15.2 Å². The number of aliphatic hydroxyl groups excluding tert-OH is 1. The van der Waals surface area contributed by atoms with Crippen molar-refractivity contribution in [1.29, 1.82) is 0 Å². The van der Waals surface area contributed by atoms with Crippen LogP contribution in [0.3, 0.4) is 0 Å². The summed E-state index contributed by atoms with van der Waals surface area (Å²) in [5.41, 5.74) is 3.13. The Hall–Kier alpha value is -2.22. The molecule has 0 atom stereocenters. The number of ether oxygens (including phenoxy) is 1. The standard InChI is InChI=1S/C16H20F3N3O2/c1-11-13(12(2)22(21-11)7-8-23)9-20-14-5-3-4-6-15(14)24-10-16(17,18)19/h3-6,20,23H,7-10H2,1-2H3. The summed E-state index contributed by atoms with van der Waals surface area (Å²) in [7, 11) is 0. The molecule has 1 heterocycles. The number of aromatic nitrogens is 2. The molecule has 2 aromatic rings. The molecule has 0 saturated heterocycles. The Kier molecular flexibility index (Phi) is 5.71. The number of hydrogen-bond donors (Lipinski definition) is 2. The summed E-state index contributed by atoms with van der Waals surface area (Å²) in [6, 6.07) is 6.49. The first-order valence-electron chi connectivity index (χ1n) is 7.48. The molecule has 0 amide bonds. The van der Waals surface area contributed by atoms with E-state index >= 15 is 0 Å². The van der Waals surface area contributed by atoms with Crippen LogP contribution in [-0.4, -0.2) is 34.3 Å². The van der Waals surface area contributed by atoms with Gasteiger partial charge in [-0.25, -0.2) is 0 Å². The van der Waals surface area contributed by atoms with Crippen molar-refractivity contribution in [3.05, 3.63) is 41.2 Å². The predicted octanol–water partition coefficient (Wildman–Crippen LogP) is 3.05. The molecule has 24 heavy (non-hydrogen) atoms. The number of aliphatic hydroxyl groups is 1. The number of rotatable bonds is 7. The number of halogens is 3. The molecule has 0 aliphatic carbocycles. The van der Waals surface area contributed by atoms with Gasteiger partial charge in [-0.1, -0.05) is 12.1 Å². The molecule has 0 saturated carbocycles. The number of nitrogens with one attached hydrogen (secondary N) is 1. The van der Waals surface area contributed by atoms with Crippen LogP contribution in [0.15, 0.2) is 24.3 Å².